The molecule has 0 aliphatic rings. The lowest BCUT2D eigenvalue weighted by Gasteiger charge is -2.23. The van der Waals surface area contributed by atoms with Crippen LogP contribution in [0.15, 0.2) is 11.4 Å². The van der Waals surface area contributed by atoms with E-state index in [9.17, 15) is 18.0 Å². The lowest BCUT2D eigenvalue weighted by Crippen LogP contribution is -2.39. The summed E-state index contributed by atoms with van der Waals surface area (Å²) in [4.78, 5) is 13.0. The summed E-state index contributed by atoms with van der Waals surface area (Å²) in [5, 5.41) is 1.58. The number of ether oxygens (including phenoxy) is 1. The summed E-state index contributed by atoms with van der Waals surface area (Å²) in [6, 6.07) is 1.50. The zero-order valence-corrected chi connectivity index (χ0v) is 11.9. The molecule has 8 heteroatoms. The van der Waals surface area contributed by atoms with Crippen molar-refractivity contribution in [3.8, 4) is 0 Å². The van der Waals surface area contributed by atoms with Crippen LogP contribution in [0.3, 0.4) is 0 Å². The minimum Gasteiger partial charge on any atom is -0.397 e. The highest BCUT2D eigenvalue weighted by Gasteiger charge is 2.33. The van der Waals surface area contributed by atoms with Gasteiger partial charge in [0.2, 0.25) is 0 Å². The number of carbonyl (C=O) groups is 1. The van der Waals surface area contributed by atoms with Crippen molar-refractivity contribution in [3.05, 3.63) is 16.3 Å². The van der Waals surface area contributed by atoms with E-state index in [0.717, 1.165) is 16.2 Å². The molecular formula is C12H17F3N2O2S. The summed E-state index contributed by atoms with van der Waals surface area (Å²) in [6.45, 7) is 1.30. The minimum absolute atomic E-state index is 0.0182. The molecule has 1 heterocycles. The van der Waals surface area contributed by atoms with Crippen LogP contribution in [0.2, 0.25) is 0 Å². The average Bonchev–Trinajstić information content (AvgIpc) is 2.77. The van der Waals surface area contributed by atoms with Crippen LogP contribution in [0.4, 0.5) is 18.9 Å². The molecule has 0 saturated heterocycles. The summed E-state index contributed by atoms with van der Waals surface area (Å²) in [5.74, 6) is -0.689. The second kappa shape index (κ2) is 7.49. The molecule has 0 aromatic carbocycles. The molecule has 0 radical (unpaired) electrons. The predicted octanol–water partition coefficient (Wildman–Crippen LogP) is 2.76. The van der Waals surface area contributed by atoms with Gasteiger partial charge in [-0.3, -0.25) is 4.79 Å². The topological polar surface area (TPSA) is 55.6 Å². The fraction of sp³-hybridized carbons (Fsp3) is 0.583. The van der Waals surface area contributed by atoms with Crippen LogP contribution < -0.4 is 5.73 Å². The molecule has 0 unspecified atom stereocenters. The number of amides is 1. The van der Waals surface area contributed by atoms with Gasteiger partial charge in [0.15, 0.2) is 0 Å². The number of thiophene rings is 1. The van der Waals surface area contributed by atoms with Gasteiger partial charge >= 0.3 is 6.18 Å². The predicted molar refractivity (Wildman–Crippen MR) is 71.8 cm³/mol. The van der Waals surface area contributed by atoms with Gasteiger partial charge in [-0.2, -0.15) is 13.2 Å². The van der Waals surface area contributed by atoms with Gasteiger partial charge in [-0.25, -0.2) is 0 Å². The van der Waals surface area contributed by atoms with Crippen molar-refractivity contribution < 1.29 is 22.7 Å². The lowest BCUT2D eigenvalue weighted by atomic mass is 10.3. The van der Waals surface area contributed by atoms with Gasteiger partial charge in [-0.1, -0.05) is 0 Å². The number of hydrogen-bond donors (Lipinski definition) is 1. The minimum atomic E-state index is -4.44. The van der Waals surface area contributed by atoms with E-state index in [1.807, 2.05) is 0 Å². The fourth-order valence-electron chi connectivity index (χ4n) is 1.61. The number of hydrogen-bond acceptors (Lipinski definition) is 4. The quantitative estimate of drug-likeness (QED) is 0.788. The molecule has 1 aromatic heterocycles. The summed E-state index contributed by atoms with van der Waals surface area (Å²) in [7, 11) is 0. The van der Waals surface area contributed by atoms with Gasteiger partial charge in [0.05, 0.1) is 5.69 Å². The number of carbonyl (C=O) groups excluding carboxylic acids is 1. The number of anilines is 1. The number of rotatable bonds is 7. The van der Waals surface area contributed by atoms with Crippen molar-refractivity contribution in [2.75, 3.05) is 32.0 Å². The standard InChI is InChI=1S/C12H17F3N2O2S/c1-2-19-6-3-5-17(8-12(13,14)15)11(18)10-9(16)4-7-20-10/h4,7H,2-3,5-6,8,16H2,1H3. The van der Waals surface area contributed by atoms with Crippen LogP contribution >= 0.6 is 11.3 Å². The van der Waals surface area contributed by atoms with E-state index in [1.54, 1.807) is 12.3 Å². The molecule has 2 N–H and O–H groups in total. The van der Waals surface area contributed by atoms with E-state index in [0.29, 0.717) is 19.6 Å². The number of nitrogens with two attached hydrogens (primary N) is 1. The van der Waals surface area contributed by atoms with E-state index in [4.69, 9.17) is 10.5 Å². The second-order valence-corrected chi connectivity index (χ2v) is 5.01. The van der Waals surface area contributed by atoms with Crippen LogP contribution in [-0.2, 0) is 4.74 Å². The highest BCUT2D eigenvalue weighted by atomic mass is 32.1. The molecule has 0 fully saturated rings. The molecule has 1 aromatic rings. The molecule has 1 amide bonds. The first-order valence-electron chi connectivity index (χ1n) is 6.12. The van der Waals surface area contributed by atoms with Crippen LogP contribution in [0.5, 0.6) is 0 Å². The Hall–Kier alpha value is -1.28. The number of halogens is 3. The Kier molecular flexibility index (Phi) is 6.28. The third-order valence-electron chi connectivity index (χ3n) is 2.47. The molecule has 0 aliphatic heterocycles. The maximum atomic E-state index is 12.5. The van der Waals surface area contributed by atoms with Crippen LogP contribution in [0, 0.1) is 0 Å². The van der Waals surface area contributed by atoms with Gasteiger partial charge in [-0.15, -0.1) is 11.3 Å². The number of nitrogens with zero attached hydrogens (tertiary/aromatic N) is 1. The van der Waals surface area contributed by atoms with Crippen molar-refractivity contribution in [1.29, 1.82) is 0 Å². The van der Waals surface area contributed by atoms with E-state index in [1.165, 1.54) is 6.07 Å². The van der Waals surface area contributed by atoms with Gasteiger partial charge in [-0.05, 0) is 24.8 Å². The lowest BCUT2D eigenvalue weighted by molar-refractivity contribution is -0.141. The SMILES string of the molecule is CCOCCCN(CC(F)(F)F)C(=O)c1sccc1N. The molecule has 0 aliphatic carbocycles. The first-order chi connectivity index (χ1) is 9.35. The third kappa shape index (κ3) is 5.38. The maximum absolute atomic E-state index is 12.5. The van der Waals surface area contributed by atoms with Crippen molar-refractivity contribution >= 4 is 22.9 Å². The summed E-state index contributed by atoms with van der Waals surface area (Å²) in [5.41, 5.74) is 5.78. The first kappa shape index (κ1) is 16.8. The maximum Gasteiger partial charge on any atom is 0.406 e. The van der Waals surface area contributed by atoms with Crippen molar-refractivity contribution in [1.82, 2.24) is 4.90 Å². The monoisotopic (exact) mass is 310 g/mol. The zero-order valence-electron chi connectivity index (χ0n) is 11.1. The Morgan fingerprint density at radius 1 is 1.50 bits per heavy atom. The van der Waals surface area contributed by atoms with Crippen LogP contribution in [-0.4, -0.2) is 43.3 Å². The largest absolute Gasteiger partial charge is 0.406 e. The Morgan fingerprint density at radius 2 is 2.20 bits per heavy atom. The smallest absolute Gasteiger partial charge is 0.397 e. The van der Waals surface area contributed by atoms with Crippen LogP contribution in [0.25, 0.3) is 0 Å². The normalized spacial score (nSPS) is 11.6. The molecule has 4 nitrogen and oxygen atoms in total. The molecule has 0 atom stereocenters. The Balaban J connectivity index is 2.71. The Bertz CT molecular complexity index is 435. The van der Waals surface area contributed by atoms with Gasteiger partial charge in [0.1, 0.15) is 11.4 Å². The second-order valence-electron chi connectivity index (χ2n) is 4.10. The molecule has 0 bridgehead atoms. The molecule has 0 spiro atoms. The Morgan fingerprint density at radius 3 is 2.70 bits per heavy atom. The van der Waals surface area contributed by atoms with Crippen molar-refractivity contribution in [2.24, 2.45) is 0 Å². The molecule has 20 heavy (non-hydrogen) atoms. The zero-order chi connectivity index (χ0) is 15.2. The van der Waals surface area contributed by atoms with Crippen molar-refractivity contribution in [2.45, 2.75) is 19.5 Å². The van der Waals surface area contributed by atoms with Gasteiger partial charge in [0, 0.05) is 19.8 Å². The number of alkyl halides is 3. The molecule has 114 valence electrons. The molecular weight excluding hydrogens is 293 g/mol. The summed E-state index contributed by atoms with van der Waals surface area (Å²) >= 11 is 1.04. The third-order valence-corrected chi connectivity index (χ3v) is 3.39. The van der Waals surface area contributed by atoms with Gasteiger partial charge < -0.3 is 15.4 Å². The van der Waals surface area contributed by atoms with E-state index < -0.39 is 18.6 Å². The summed E-state index contributed by atoms with van der Waals surface area (Å²) in [6.07, 6.45) is -4.09. The van der Waals surface area contributed by atoms with E-state index >= 15 is 0 Å². The fourth-order valence-corrected chi connectivity index (χ4v) is 2.39. The molecule has 1 rings (SSSR count). The van der Waals surface area contributed by atoms with E-state index in [-0.39, 0.29) is 17.1 Å². The highest BCUT2D eigenvalue weighted by Crippen LogP contribution is 2.24. The summed E-state index contributed by atoms with van der Waals surface area (Å²) < 4.78 is 42.7. The molecule has 0 saturated carbocycles. The average molecular weight is 310 g/mol. The Labute approximate surface area is 119 Å². The van der Waals surface area contributed by atoms with Gasteiger partial charge in [0.25, 0.3) is 5.91 Å². The van der Waals surface area contributed by atoms with Crippen molar-refractivity contribution in [3.63, 3.8) is 0 Å². The van der Waals surface area contributed by atoms with Crippen LogP contribution in [0.1, 0.15) is 23.0 Å². The highest BCUT2D eigenvalue weighted by molar-refractivity contribution is 7.12. The number of nitrogen functional groups attached to an aromatic ring is 1. The first-order valence-corrected chi connectivity index (χ1v) is 7.00. The van der Waals surface area contributed by atoms with E-state index in [2.05, 4.69) is 0 Å².